The van der Waals surface area contributed by atoms with Gasteiger partial charge in [-0.05, 0) is 12.0 Å². The molecule has 3 heteroatoms. The van der Waals surface area contributed by atoms with Gasteiger partial charge in [0, 0.05) is 12.5 Å². The molecule has 0 aliphatic heterocycles. The predicted molar refractivity (Wildman–Crippen MR) is 54.4 cm³/mol. The van der Waals surface area contributed by atoms with E-state index in [1.807, 2.05) is 30.3 Å². The fraction of sp³-hybridized carbons (Fsp3) is 0.364. The number of aliphatic hydroxyl groups is 1. The highest BCUT2D eigenvalue weighted by molar-refractivity contribution is 5.51. The standard InChI is InChI=1S/C11H14NO2/c12-10(11(14)6-7-13)8-9-4-2-1-3-5-9/h1-5,10-11,14H,6,8,12H2/t10-,11-/m0/s1. The highest BCUT2D eigenvalue weighted by Gasteiger charge is 2.14. The van der Waals surface area contributed by atoms with E-state index in [1.54, 1.807) is 6.29 Å². The van der Waals surface area contributed by atoms with Crippen LogP contribution in [0.3, 0.4) is 0 Å². The summed E-state index contributed by atoms with van der Waals surface area (Å²) in [5, 5.41) is 9.39. The molecule has 0 aromatic heterocycles. The van der Waals surface area contributed by atoms with Crippen molar-refractivity contribution in [2.75, 3.05) is 0 Å². The summed E-state index contributed by atoms with van der Waals surface area (Å²) in [5.41, 5.74) is 6.77. The number of hydrogen-bond donors (Lipinski definition) is 2. The Kier molecular flexibility index (Phi) is 4.29. The van der Waals surface area contributed by atoms with E-state index in [-0.39, 0.29) is 6.42 Å². The molecule has 0 spiro atoms. The highest BCUT2D eigenvalue weighted by Crippen LogP contribution is 2.05. The first-order chi connectivity index (χ1) is 6.74. The lowest BCUT2D eigenvalue weighted by atomic mass is 10.0. The summed E-state index contributed by atoms with van der Waals surface area (Å²) in [6.07, 6.45) is 1.41. The second-order valence-corrected chi connectivity index (χ2v) is 3.27. The molecular formula is C11H14NO2. The minimum absolute atomic E-state index is 0.0198. The van der Waals surface area contributed by atoms with E-state index in [4.69, 9.17) is 5.73 Å². The van der Waals surface area contributed by atoms with Crippen molar-refractivity contribution in [3.8, 4) is 0 Å². The lowest BCUT2D eigenvalue weighted by molar-refractivity contribution is 0.150. The maximum Gasteiger partial charge on any atom is 0.201 e. The lowest BCUT2D eigenvalue weighted by Gasteiger charge is -2.16. The molecule has 0 unspecified atom stereocenters. The van der Waals surface area contributed by atoms with Gasteiger partial charge in [0.1, 0.15) is 0 Å². The molecule has 0 saturated heterocycles. The fourth-order valence-corrected chi connectivity index (χ4v) is 1.26. The lowest BCUT2D eigenvalue weighted by Crippen LogP contribution is -2.36. The Bertz CT molecular complexity index is 274. The summed E-state index contributed by atoms with van der Waals surface area (Å²) in [6, 6.07) is 9.23. The molecule has 0 heterocycles. The minimum atomic E-state index is -0.798. The maximum absolute atomic E-state index is 10.0. The molecule has 14 heavy (non-hydrogen) atoms. The second-order valence-electron chi connectivity index (χ2n) is 3.27. The van der Waals surface area contributed by atoms with E-state index in [9.17, 15) is 9.90 Å². The van der Waals surface area contributed by atoms with Crippen molar-refractivity contribution >= 4 is 6.29 Å². The Balaban J connectivity index is 2.48. The third kappa shape index (κ3) is 3.28. The monoisotopic (exact) mass is 192 g/mol. The van der Waals surface area contributed by atoms with E-state index in [0.29, 0.717) is 6.42 Å². The van der Waals surface area contributed by atoms with Gasteiger partial charge in [-0.2, -0.15) is 0 Å². The van der Waals surface area contributed by atoms with E-state index < -0.39 is 12.1 Å². The van der Waals surface area contributed by atoms with Crippen LogP contribution in [0.5, 0.6) is 0 Å². The number of nitrogens with two attached hydrogens (primary N) is 1. The van der Waals surface area contributed by atoms with E-state index >= 15 is 0 Å². The third-order valence-corrected chi connectivity index (χ3v) is 2.10. The van der Waals surface area contributed by atoms with Crippen LogP contribution in [-0.2, 0) is 11.2 Å². The molecule has 2 atom stereocenters. The summed E-state index contributed by atoms with van der Waals surface area (Å²) in [4.78, 5) is 10.0. The molecule has 3 nitrogen and oxygen atoms in total. The van der Waals surface area contributed by atoms with Crippen LogP contribution >= 0.6 is 0 Å². The molecule has 1 aromatic rings. The van der Waals surface area contributed by atoms with Crippen molar-refractivity contribution in [3.05, 3.63) is 35.9 Å². The molecule has 0 aliphatic rings. The summed E-state index contributed by atoms with van der Waals surface area (Å²) in [7, 11) is 0. The van der Waals surface area contributed by atoms with Gasteiger partial charge in [-0.3, -0.25) is 4.79 Å². The Morgan fingerprint density at radius 1 is 1.36 bits per heavy atom. The molecule has 0 fully saturated rings. The molecule has 0 bridgehead atoms. The largest absolute Gasteiger partial charge is 0.391 e. The highest BCUT2D eigenvalue weighted by atomic mass is 16.3. The quantitative estimate of drug-likeness (QED) is 0.710. The second kappa shape index (κ2) is 5.52. The van der Waals surface area contributed by atoms with Crippen molar-refractivity contribution in [2.24, 2.45) is 5.73 Å². The first-order valence-corrected chi connectivity index (χ1v) is 4.56. The first-order valence-electron chi connectivity index (χ1n) is 4.56. The van der Waals surface area contributed by atoms with Gasteiger partial charge in [-0.25, -0.2) is 0 Å². The van der Waals surface area contributed by atoms with Crippen LogP contribution in [0.1, 0.15) is 12.0 Å². The summed E-state index contributed by atoms with van der Waals surface area (Å²) >= 11 is 0. The van der Waals surface area contributed by atoms with E-state index in [0.717, 1.165) is 5.56 Å². The first kappa shape index (κ1) is 10.9. The van der Waals surface area contributed by atoms with Gasteiger partial charge < -0.3 is 10.8 Å². The summed E-state index contributed by atoms with van der Waals surface area (Å²) < 4.78 is 0. The zero-order valence-electron chi connectivity index (χ0n) is 7.89. The van der Waals surface area contributed by atoms with Gasteiger partial charge in [0.2, 0.25) is 6.29 Å². The van der Waals surface area contributed by atoms with Crippen molar-refractivity contribution in [1.29, 1.82) is 0 Å². The predicted octanol–water partition coefficient (Wildman–Crippen LogP) is 0.417. The fourth-order valence-electron chi connectivity index (χ4n) is 1.26. The number of hydrogen-bond acceptors (Lipinski definition) is 3. The Labute approximate surface area is 83.6 Å². The molecule has 0 saturated carbocycles. The topological polar surface area (TPSA) is 63.3 Å². The van der Waals surface area contributed by atoms with Gasteiger partial charge in [-0.1, -0.05) is 30.3 Å². The van der Waals surface area contributed by atoms with Crippen LogP contribution in [0.25, 0.3) is 0 Å². The normalized spacial score (nSPS) is 14.7. The smallest absolute Gasteiger partial charge is 0.201 e. The third-order valence-electron chi connectivity index (χ3n) is 2.10. The van der Waals surface area contributed by atoms with Gasteiger partial charge >= 0.3 is 0 Å². The van der Waals surface area contributed by atoms with Crippen LogP contribution < -0.4 is 5.73 Å². The Hall–Kier alpha value is -1.19. The molecule has 1 radical (unpaired) electrons. The van der Waals surface area contributed by atoms with Crippen molar-refractivity contribution in [3.63, 3.8) is 0 Å². The molecule has 3 N–H and O–H groups in total. The molecule has 0 amide bonds. The van der Waals surface area contributed by atoms with Crippen molar-refractivity contribution in [2.45, 2.75) is 25.0 Å². The molecule has 75 valence electrons. The van der Waals surface area contributed by atoms with Gasteiger partial charge in [0.15, 0.2) is 0 Å². The van der Waals surface area contributed by atoms with Crippen LogP contribution in [-0.4, -0.2) is 23.5 Å². The molecule has 1 aromatic carbocycles. The van der Waals surface area contributed by atoms with Gasteiger partial charge in [-0.15, -0.1) is 0 Å². The summed E-state index contributed by atoms with van der Waals surface area (Å²) in [5.74, 6) is 0. The van der Waals surface area contributed by atoms with Crippen LogP contribution in [0, 0.1) is 0 Å². The SMILES string of the molecule is N[C@@H](Cc1ccccc1)[C@@H](O)C[C]=O. The van der Waals surface area contributed by atoms with Crippen LogP contribution in [0.4, 0.5) is 0 Å². The minimum Gasteiger partial charge on any atom is -0.391 e. The van der Waals surface area contributed by atoms with Gasteiger partial charge in [0.05, 0.1) is 6.10 Å². The van der Waals surface area contributed by atoms with Crippen molar-refractivity contribution < 1.29 is 9.90 Å². The number of carbonyl (C=O) groups excluding carboxylic acids is 1. The van der Waals surface area contributed by atoms with Crippen LogP contribution in [0.15, 0.2) is 30.3 Å². The maximum atomic E-state index is 10.0. The Morgan fingerprint density at radius 2 is 2.00 bits per heavy atom. The molecule has 0 aliphatic carbocycles. The number of benzene rings is 1. The van der Waals surface area contributed by atoms with E-state index in [1.165, 1.54) is 0 Å². The molecule has 1 rings (SSSR count). The summed E-state index contributed by atoms with van der Waals surface area (Å²) in [6.45, 7) is 0. The Morgan fingerprint density at radius 3 is 2.57 bits per heavy atom. The number of aliphatic hydroxyl groups excluding tert-OH is 1. The number of rotatable bonds is 5. The van der Waals surface area contributed by atoms with E-state index in [2.05, 4.69) is 0 Å². The zero-order valence-corrected chi connectivity index (χ0v) is 7.89. The average Bonchev–Trinajstić information content (AvgIpc) is 2.19. The average molecular weight is 192 g/mol. The van der Waals surface area contributed by atoms with Crippen molar-refractivity contribution in [1.82, 2.24) is 0 Å². The zero-order chi connectivity index (χ0) is 10.4. The van der Waals surface area contributed by atoms with Crippen LogP contribution in [0.2, 0.25) is 0 Å². The molecular weight excluding hydrogens is 178 g/mol. The van der Waals surface area contributed by atoms with Gasteiger partial charge in [0.25, 0.3) is 0 Å².